The van der Waals surface area contributed by atoms with Crippen molar-refractivity contribution in [2.75, 3.05) is 26.7 Å². The topological polar surface area (TPSA) is 84.0 Å². The lowest BCUT2D eigenvalue weighted by Crippen LogP contribution is -2.41. The molecule has 51 heavy (non-hydrogen) atoms. The second kappa shape index (κ2) is 14.3. The number of hydrogen-bond donors (Lipinski definition) is 2. The van der Waals surface area contributed by atoms with Gasteiger partial charge in [0.25, 0.3) is 0 Å². The average molecular weight is 696 g/mol. The Balaban J connectivity index is 1.78. The van der Waals surface area contributed by atoms with Crippen LogP contribution in [-0.4, -0.2) is 64.3 Å². The van der Waals surface area contributed by atoms with Crippen LogP contribution < -0.4 is 0 Å². The minimum absolute atomic E-state index is 0.153. The van der Waals surface area contributed by atoms with Crippen LogP contribution in [0.3, 0.4) is 0 Å². The lowest BCUT2D eigenvalue weighted by molar-refractivity contribution is 0.0835. The lowest BCUT2D eigenvalue weighted by Gasteiger charge is -2.46. The van der Waals surface area contributed by atoms with Gasteiger partial charge in [0.2, 0.25) is 11.9 Å². The number of nitrogens with zero attached hydrogens (tertiary/aromatic N) is 5. The third-order valence-corrected chi connectivity index (χ3v) is 10.7. The van der Waals surface area contributed by atoms with E-state index in [0.29, 0.717) is 49.6 Å². The van der Waals surface area contributed by atoms with Crippen molar-refractivity contribution in [2.24, 2.45) is 31.2 Å². The number of aliphatic hydroxyl groups excluding tert-OH is 1. The summed E-state index contributed by atoms with van der Waals surface area (Å²) < 4.78 is 0. The summed E-state index contributed by atoms with van der Waals surface area (Å²) in [5.41, 5.74) is 5.89. The predicted octanol–water partition coefficient (Wildman–Crippen LogP) is 10.2. The molecule has 7 nitrogen and oxygen atoms in total. The number of rotatable bonds is 6. The molecule has 2 aliphatic rings. The van der Waals surface area contributed by atoms with Crippen molar-refractivity contribution < 1.29 is 10.2 Å². The van der Waals surface area contributed by atoms with Crippen molar-refractivity contribution in [1.82, 2.24) is 9.80 Å². The number of likely N-dealkylation sites (N-methyl/N-ethyl adjacent to an activating group) is 1. The summed E-state index contributed by atoms with van der Waals surface area (Å²) in [7, 11) is 2.06. The first-order valence-corrected chi connectivity index (χ1v) is 18.6. The van der Waals surface area contributed by atoms with Gasteiger partial charge in [0.15, 0.2) is 0 Å². The summed E-state index contributed by atoms with van der Waals surface area (Å²) in [5, 5.41) is 23.1. The highest BCUT2D eigenvalue weighted by molar-refractivity contribution is 6.12. The van der Waals surface area contributed by atoms with Crippen molar-refractivity contribution in [3.8, 4) is 5.75 Å². The molecule has 4 rings (SSSR count). The Labute approximate surface area is 309 Å². The maximum absolute atomic E-state index is 11.7. The average Bonchev–Trinajstić information content (AvgIpc) is 3.24. The van der Waals surface area contributed by atoms with Gasteiger partial charge >= 0.3 is 0 Å². The summed E-state index contributed by atoms with van der Waals surface area (Å²) >= 11 is 0. The first-order valence-electron chi connectivity index (χ1n) is 18.6. The summed E-state index contributed by atoms with van der Waals surface area (Å²) in [6.07, 6.45) is 2.94. The van der Waals surface area contributed by atoms with Gasteiger partial charge in [0.1, 0.15) is 11.5 Å². The molecule has 1 atom stereocenters. The zero-order valence-corrected chi connectivity index (χ0v) is 34.3. The van der Waals surface area contributed by atoms with E-state index in [0.717, 1.165) is 40.0 Å². The van der Waals surface area contributed by atoms with Gasteiger partial charge in [-0.1, -0.05) is 126 Å². The van der Waals surface area contributed by atoms with Crippen molar-refractivity contribution in [3.05, 3.63) is 87.7 Å². The third kappa shape index (κ3) is 8.78. The maximum Gasteiger partial charge on any atom is 0.228 e. The first-order chi connectivity index (χ1) is 23.4. The zero-order chi connectivity index (χ0) is 38.3. The van der Waals surface area contributed by atoms with E-state index in [9.17, 15) is 10.2 Å². The maximum atomic E-state index is 11.7. The highest BCUT2D eigenvalue weighted by Crippen LogP contribution is 2.53. The lowest BCUT2D eigenvalue weighted by atomic mass is 9.59. The number of hydrogen-bond acceptors (Lipinski definition) is 7. The monoisotopic (exact) mass is 696 g/mol. The quantitative estimate of drug-likeness (QED) is 0.315. The molecule has 0 aromatic heterocycles. The van der Waals surface area contributed by atoms with Crippen molar-refractivity contribution in [2.45, 2.75) is 121 Å². The number of phenols is 1. The van der Waals surface area contributed by atoms with Crippen molar-refractivity contribution in [1.29, 1.82) is 0 Å². The fourth-order valence-electron chi connectivity index (χ4n) is 6.88. The minimum atomic E-state index is -0.419. The van der Waals surface area contributed by atoms with Crippen LogP contribution in [0.5, 0.6) is 5.75 Å². The molecule has 1 aliphatic carbocycles. The van der Waals surface area contributed by atoms with E-state index >= 15 is 0 Å². The molecule has 2 N–H and O–H groups in total. The van der Waals surface area contributed by atoms with Crippen LogP contribution in [0.15, 0.2) is 80.4 Å². The van der Waals surface area contributed by atoms with Gasteiger partial charge in [-0.25, -0.2) is 9.98 Å². The van der Waals surface area contributed by atoms with E-state index in [4.69, 9.17) is 15.0 Å². The van der Waals surface area contributed by atoms with Crippen LogP contribution in [-0.2, 0) is 17.4 Å². The van der Waals surface area contributed by atoms with Crippen molar-refractivity contribution in [3.63, 3.8) is 0 Å². The predicted molar refractivity (Wildman–Crippen MR) is 216 cm³/mol. The molecular formula is C44H65N5O2. The Morgan fingerprint density at radius 3 is 1.82 bits per heavy atom. The van der Waals surface area contributed by atoms with Crippen LogP contribution in [0.1, 0.15) is 126 Å². The Bertz CT molecular complexity index is 1720. The van der Waals surface area contributed by atoms with Gasteiger partial charge in [-0.05, 0) is 80.5 Å². The van der Waals surface area contributed by atoms with Crippen LogP contribution in [0.25, 0.3) is 0 Å². The molecule has 1 heterocycles. The van der Waals surface area contributed by atoms with Gasteiger partial charge in [0, 0.05) is 32.1 Å². The SMILES string of the molecule is CCN(Cc1cc(C(C)(C)C)c(O)c(C(C)(C)C)c1)C1=NCC(c2ccccc2)=NC(N(C)CC2=CC(C(C)(C)C)=C(O)C(C)(C(C)(C)C)C2)=N1. The van der Waals surface area contributed by atoms with Gasteiger partial charge < -0.3 is 20.0 Å². The molecule has 0 radical (unpaired) electrons. The molecule has 0 bridgehead atoms. The van der Waals surface area contributed by atoms with Gasteiger partial charge in [0.05, 0.1) is 12.3 Å². The molecule has 2 aromatic rings. The molecule has 0 saturated carbocycles. The van der Waals surface area contributed by atoms with Crippen LogP contribution in [0, 0.1) is 16.2 Å². The molecule has 0 amide bonds. The Morgan fingerprint density at radius 2 is 1.33 bits per heavy atom. The summed E-state index contributed by atoms with van der Waals surface area (Å²) in [6, 6.07) is 14.5. The van der Waals surface area contributed by atoms with Gasteiger partial charge in [-0.15, -0.1) is 0 Å². The number of aliphatic imine (C=N–C) groups is 3. The second-order valence-electron chi connectivity index (χ2n) is 18.9. The summed E-state index contributed by atoms with van der Waals surface area (Å²) in [5.74, 6) is 2.13. The molecule has 0 spiro atoms. The third-order valence-electron chi connectivity index (χ3n) is 10.7. The van der Waals surface area contributed by atoms with Crippen LogP contribution in [0.2, 0.25) is 0 Å². The standard InChI is InChI=1S/C44H65N5O2/c1-16-49(28-29-22-32(40(2,3)4)36(50)33(23-29)41(5,6)7)38-45-26-35(31-20-18-17-19-21-31)46-39(47-38)48(15)27-30-24-34(42(8,9)10)37(51)44(14,25-30)43(11,12)13/h17-24,50-51H,16,25-28H2,1-15H3. The largest absolute Gasteiger partial charge is 0.511 e. The fraction of sp³-hybridized carbons (Fsp3) is 0.568. The first kappa shape index (κ1) is 39.9. The Hall–Kier alpha value is -3.87. The highest BCUT2D eigenvalue weighted by Gasteiger charge is 2.46. The number of benzene rings is 2. The van der Waals surface area contributed by atoms with Crippen LogP contribution >= 0.6 is 0 Å². The van der Waals surface area contributed by atoms with E-state index in [-0.39, 0.29) is 21.7 Å². The van der Waals surface area contributed by atoms with E-state index in [1.807, 2.05) is 18.2 Å². The normalized spacial score (nSPS) is 19.2. The number of aromatic hydroxyl groups is 1. The molecule has 0 fully saturated rings. The van der Waals surface area contributed by atoms with Gasteiger partial charge in [-0.3, -0.25) is 0 Å². The molecule has 7 heteroatoms. The molecule has 1 aliphatic heterocycles. The molecule has 2 aromatic carbocycles. The van der Waals surface area contributed by atoms with E-state index < -0.39 is 5.41 Å². The van der Waals surface area contributed by atoms with Crippen LogP contribution in [0.4, 0.5) is 0 Å². The zero-order valence-electron chi connectivity index (χ0n) is 34.3. The molecule has 278 valence electrons. The smallest absolute Gasteiger partial charge is 0.228 e. The van der Waals surface area contributed by atoms with E-state index in [2.05, 4.69) is 144 Å². The highest BCUT2D eigenvalue weighted by atomic mass is 16.3. The summed E-state index contributed by atoms with van der Waals surface area (Å²) in [4.78, 5) is 19.8. The van der Waals surface area contributed by atoms with E-state index in [1.165, 1.54) is 5.57 Å². The minimum Gasteiger partial charge on any atom is -0.511 e. The number of phenolic OH excluding ortho intramolecular Hbond substituents is 1. The molecule has 1 unspecified atom stereocenters. The summed E-state index contributed by atoms with van der Waals surface area (Å²) in [6.45, 7) is 32.7. The molecular weight excluding hydrogens is 631 g/mol. The Morgan fingerprint density at radius 1 is 0.765 bits per heavy atom. The van der Waals surface area contributed by atoms with E-state index in [1.54, 1.807) is 0 Å². The van der Waals surface area contributed by atoms with Gasteiger partial charge in [-0.2, -0.15) is 4.99 Å². The second-order valence-corrected chi connectivity index (χ2v) is 18.9. The Kier molecular flexibility index (Phi) is 11.2. The number of allylic oxidation sites excluding steroid dienone is 3. The van der Waals surface area contributed by atoms with Crippen molar-refractivity contribution >= 4 is 17.6 Å². The number of aliphatic hydroxyl groups is 1. The fourth-order valence-corrected chi connectivity index (χ4v) is 6.88. The number of guanidine groups is 2. The molecule has 0 saturated heterocycles.